The van der Waals surface area contributed by atoms with Crippen LogP contribution < -0.4 is 9.47 Å². The Balaban J connectivity index is 0.987. The number of carboxylic acid groups (broad SMARTS) is 1. The topological polar surface area (TPSA) is 129 Å². The molecule has 1 unspecified atom stereocenters. The average Bonchev–Trinajstić information content (AvgIpc) is 3.94. The van der Waals surface area contributed by atoms with Crippen LogP contribution in [-0.2, 0) is 24.2 Å². The number of aromatic nitrogens is 1. The largest absolute Gasteiger partial charge is 0.481 e. The maximum atomic E-state index is 11.5. The highest BCUT2D eigenvalue weighted by molar-refractivity contribution is 5.91. The number of furan rings is 1. The molecule has 3 heterocycles. The van der Waals surface area contributed by atoms with Crippen molar-refractivity contribution in [2.45, 2.75) is 76.5 Å². The third kappa shape index (κ3) is 5.85. The molecule has 1 saturated heterocycles. The van der Waals surface area contributed by atoms with Gasteiger partial charge in [-0.25, -0.2) is 0 Å². The Labute approximate surface area is 308 Å². The number of aliphatic hydroxyl groups is 1. The summed E-state index contributed by atoms with van der Waals surface area (Å²) in [6, 6.07) is 23.4. The number of hydrogen-bond donors (Lipinski definition) is 2. The van der Waals surface area contributed by atoms with Crippen molar-refractivity contribution < 1.29 is 28.9 Å². The Hall–Kier alpha value is -5.17. The summed E-state index contributed by atoms with van der Waals surface area (Å²) in [5, 5.41) is 30.6. The summed E-state index contributed by atoms with van der Waals surface area (Å²) in [7, 11) is 1.63. The highest BCUT2D eigenvalue weighted by Gasteiger charge is 2.42. The lowest BCUT2D eigenvalue weighted by Crippen LogP contribution is -2.33. The number of nitrogens with zero attached hydrogens (tertiary/aromatic N) is 3. The third-order valence-electron chi connectivity index (χ3n) is 12.4. The van der Waals surface area contributed by atoms with Crippen molar-refractivity contribution in [3.05, 3.63) is 99.6 Å². The van der Waals surface area contributed by atoms with Crippen molar-refractivity contribution in [1.29, 1.82) is 5.26 Å². The molecule has 2 fully saturated rings. The summed E-state index contributed by atoms with van der Waals surface area (Å²) in [6.45, 7) is 4.33. The number of fused-ring (bicyclic) bond motifs is 3. The van der Waals surface area contributed by atoms with Crippen LogP contribution in [0, 0.1) is 30.1 Å². The highest BCUT2D eigenvalue weighted by Crippen LogP contribution is 2.51. The number of β-amino-alcohol motifs (C(OH)–C–C–N with tert-alkyl or cyclic N) is 1. The van der Waals surface area contributed by atoms with Crippen molar-refractivity contribution in [2.75, 3.05) is 20.2 Å². The molecule has 9 rings (SSSR count). The van der Waals surface area contributed by atoms with Gasteiger partial charge < -0.3 is 24.1 Å². The van der Waals surface area contributed by atoms with E-state index in [1.165, 1.54) is 16.7 Å². The SMILES string of the molecule is COc1nc(O[C@H]2CCc3c(-c4cccc(-c5cc6cc7c(c(C#N)c6o5)CCC7C5CC(C(=O)O)C5)c4C)cccc32)ccc1CN1CC[C@@H](O)C1. The second-order valence-corrected chi connectivity index (χ2v) is 15.4. The minimum absolute atomic E-state index is 0.134. The molecular weight excluding hydrogens is 666 g/mol. The first kappa shape index (κ1) is 33.7. The zero-order valence-corrected chi connectivity index (χ0v) is 30.1. The summed E-state index contributed by atoms with van der Waals surface area (Å²) >= 11 is 0. The van der Waals surface area contributed by atoms with Gasteiger partial charge in [-0.3, -0.25) is 9.69 Å². The smallest absolute Gasteiger partial charge is 0.306 e. The molecule has 5 aromatic rings. The van der Waals surface area contributed by atoms with Gasteiger partial charge in [0.25, 0.3) is 0 Å². The number of benzene rings is 3. The first-order valence-electron chi connectivity index (χ1n) is 18.8. The molecule has 9 nitrogen and oxygen atoms in total. The molecule has 0 spiro atoms. The fourth-order valence-electron chi connectivity index (χ4n) is 9.57. The van der Waals surface area contributed by atoms with Gasteiger partial charge in [-0.2, -0.15) is 10.2 Å². The van der Waals surface area contributed by atoms with Crippen LogP contribution in [0.2, 0.25) is 0 Å². The molecule has 270 valence electrons. The number of nitriles is 1. The van der Waals surface area contributed by atoms with E-state index >= 15 is 0 Å². The minimum Gasteiger partial charge on any atom is -0.481 e. The molecule has 1 saturated carbocycles. The lowest BCUT2D eigenvalue weighted by Gasteiger charge is -2.37. The first-order chi connectivity index (χ1) is 25.8. The first-order valence-corrected chi connectivity index (χ1v) is 18.8. The summed E-state index contributed by atoms with van der Waals surface area (Å²) in [5.74, 6) is 1.52. The van der Waals surface area contributed by atoms with Gasteiger partial charge >= 0.3 is 5.97 Å². The molecule has 0 bridgehead atoms. The molecular formula is C44H43N3O6. The maximum Gasteiger partial charge on any atom is 0.306 e. The Morgan fingerprint density at radius 2 is 1.79 bits per heavy atom. The van der Waals surface area contributed by atoms with Crippen LogP contribution >= 0.6 is 0 Å². The molecule has 3 aromatic carbocycles. The predicted octanol–water partition coefficient (Wildman–Crippen LogP) is 8.12. The number of carboxylic acids is 1. The molecule has 3 aliphatic carbocycles. The van der Waals surface area contributed by atoms with Crippen molar-refractivity contribution in [2.24, 2.45) is 11.8 Å². The van der Waals surface area contributed by atoms with Crippen molar-refractivity contribution >= 4 is 16.9 Å². The van der Waals surface area contributed by atoms with E-state index in [0.29, 0.717) is 60.7 Å². The van der Waals surface area contributed by atoms with Gasteiger partial charge in [0.05, 0.1) is 24.7 Å². The Bertz CT molecular complexity index is 2300. The number of aliphatic carboxylic acids is 1. The summed E-state index contributed by atoms with van der Waals surface area (Å²) in [4.78, 5) is 18.4. The van der Waals surface area contributed by atoms with Gasteiger partial charge in [0.1, 0.15) is 17.9 Å². The van der Waals surface area contributed by atoms with Crippen LogP contribution in [0.4, 0.5) is 0 Å². The second kappa shape index (κ2) is 13.4. The number of ether oxygens (including phenoxy) is 2. The normalized spacial score (nSPS) is 23.4. The molecule has 9 heteroatoms. The van der Waals surface area contributed by atoms with E-state index in [-0.39, 0.29) is 18.1 Å². The van der Waals surface area contributed by atoms with Crippen LogP contribution in [0.5, 0.6) is 11.8 Å². The van der Waals surface area contributed by atoms with E-state index < -0.39 is 5.97 Å². The predicted molar refractivity (Wildman–Crippen MR) is 200 cm³/mol. The molecule has 3 atom stereocenters. The number of rotatable bonds is 9. The molecule has 2 aromatic heterocycles. The average molecular weight is 710 g/mol. The Morgan fingerprint density at radius 1 is 1.00 bits per heavy atom. The fourth-order valence-corrected chi connectivity index (χ4v) is 9.57. The number of hydrogen-bond acceptors (Lipinski definition) is 8. The number of methoxy groups -OCH3 is 1. The van der Waals surface area contributed by atoms with Gasteiger partial charge in [0.2, 0.25) is 11.8 Å². The zero-order chi connectivity index (χ0) is 36.4. The van der Waals surface area contributed by atoms with Crippen LogP contribution in [0.3, 0.4) is 0 Å². The van der Waals surface area contributed by atoms with E-state index in [2.05, 4.69) is 66.4 Å². The number of carbonyl (C=O) groups is 1. The fraction of sp³-hybridized carbons (Fsp3) is 0.386. The lowest BCUT2D eigenvalue weighted by atomic mass is 9.67. The van der Waals surface area contributed by atoms with Crippen molar-refractivity contribution in [3.8, 4) is 40.3 Å². The second-order valence-electron chi connectivity index (χ2n) is 15.4. The van der Waals surface area contributed by atoms with E-state index in [0.717, 1.165) is 83.2 Å². The van der Waals surface area contributed by atoms with E-state index in [1.807, 2.05) is 12.1 Å². The van der Waals surface area contributed by atoms with E-state index in [9.17, 15) is 20.3 Å². The molecule has 2 N–H and O–H groups in total. The number of pyridine rings is 1. The van der Waals surface area contributed by atoms with Crippen LogP contribution in [0.25, 0.3) is 33.4 Å². The van der Waals surface area contributed by atoms with Crippen LogP contribution in [0.1, 0.15) is 83.1 Å². The van der Waals surface area contributed by atoms with Crippen molar-refractivity contribution in [3.63, 3.8) is 0 Å². The minimum atomic E-state index is -0.700. The van der Waals surface area contributed by atoms with Crippen LogP contribution in [-0.4, -0.2) is 52.4 Å². The maximum absolute atomic E-state index is 11.5. The monoisotopic (exact) mass is 709 g/mol. The lowest BCUT2D eigenvalue weighted by molar-refractivity contribution is -0.146. The molecule has 4 aliphatic rings. The Kier molecular flexibility index (Phi) is 8.48. The number of likely N-dealkylation sites (tertiary alicyclic amines) is 1. The molecule has 53 heavy (non-hydrogen) atoms. The summed E-state index contributed by atoms with van der Waals surface area (Å²) in [6.07, 6.45) is 5.29. The Morgan fingerprint density at radius 3 is 2.57 bits per heavy atom. The van der Waals surface area contributed by atoms with Gasteiger partial charge in [-0.15, -0.1) is 0 Å². The molecule has 1 aliphatic heterocycles. The van der Waals surface area contributed by atoms with Gasteiger partial charge in [-0.05, 0) is 121 Å². The highest BCUT2D eigenvalue weighted by atomic mass is 16.5. The van der Waals surface area contributed by atoms with Gasteiger partial charge in [0.15, 0.2) is 5.58 Å². The quantitative estimate of drug-likeness (QED) is 0.156. The van der Waals surface area contributed by atoms with Crippen molar-refractivity contribution in [1.82, 2.24) is 9.88 Å². The number of aliphatic hydroxyl groups excluding tert-OH is 1. The summed E-state index contributed by atoms with van der Waals surface area (Å²) < 4.78 is 18.7. The van der Waals surface area contributed by atoms with Gasteiger partial charge in [0, 0.05) is 42.2 Å². The van der Waals surface area contributed by atoms with Gasteiger partial charge in [-0.1, -0.05) is 36.4 Å². The zero-order valence-electron chi connectivity index (χ0n) is 30.1. The van der Waals surface area contributed by atoms with Crippen LogP contribution in [0.15, 0.2) is 65.1 Å². The third-order valence-corrected chi connectivity index (χ3v) is 12.4. The van der Waals surface area contributed by atoms with E-state index in [1.54, 1.807) is 7.11 Å². The van der Waals surface area contributed by atoms with E-state index in [4.69, 9.17) is 18.9 Å². The molecule has 0 radical (unpaired) electrons. The summed E-state index contributed by atoms with van der Waals surface area (Å²) in [5.41, 5.74) is 11.3. The molecule has 0 amide bonds. The standard InChI is InChI=1S/C44H43N3O6/c1-24-30(33-7-4-8-36-34(33)12-13-39(36)52-41-14-9-25(43(46-41)51-2)22-47-16-15-29(48)23-47)5-3-6-31(24)40-20-27-19-37-32(26-17-28(18-26)44(49)50)10-11-35(37)38(21-45)42(27)53-40/h3-9,14,19-20,26,28-29,32,39,48H,10-13,15-18,22-23H2,1-2H3,(H,49,50)/t26?,28?,29-,32?,39+/m1/s1.